The van der Waals surface area contributed by atoms with Crippen LogP contribution in [0.3, 0.4) is 0 Å². The first-order valence-electron chi connectivity index (χ1n) is 8.72. The number of thiophene rings is 1. The summed E-state index contributed by atoms with van der Waals surface area (Å²) >= 11 is 1.81. The summed E-state index contributed by atoms with van der Waals surface area (Å²) in [5.74, 6) is 0.952. The summed E-state index contributed by atoms with van der Waals surface area (Å²) in [6.45, 7) is 5.40. The molecule has 0 spiro atoms. The summed E-state index contributed by atoms with van der Waals surface area (Å²) in [6, 6.07) is 12.8. The fraction of sp³-hybridized carbons (Fsp3) is 0.474. The van der Waals surface area contributed by atoms with E-state index in [9.17, 15) is 0 Å². The maximum absolute atomic E-state index is 6.15. The Hall–Kier alpha value is -1.40. The Bertz CT molecular complexity index is 596. The highest BCUT2D eigenvalue weighted by Gasteiger charge is 2.12. The van der Waals surface area contributed by atoms with Crippen molar-refractivity contribution in [3.63, 3.8) is 0 Å². The van der Waals surface area contributed by atoms with Gasteiger partial charge in [-0.25, -0.2) is 0 Å². The van der Waals surface area contributed by atoms with Crippen LogP contribution in [-0.2, 0) is 13.0 Å². The highest BCUT2D eigenvalue weighted by molar-refractivity contribution is 7.09. The van der Waals surface area contributed by atoms with Crippen molar-refractivity contribution < 1.29 is 4.74 Å². The molecular formula is C19H27N3OS. The standard InChI is InChI=1S/C19H27N3OS/c1-20-19(8-7-18-6-3-13-24-18)23-17-5-2-4-16(14-17)15-22-11-9-21-10-12-22/h2-6,13-14,19-21H,7-12,15H2,1H3. The molecule has 1 aliphatic rings. The molecule has 1 atom stereocenters. The summed E-state index contributed by atoms with van der Waals surface area (Å²) < 4.78 is 6.15. The van der Waals surface area contributed by atoms with Gasteiger partial charge in [-0.05, 0) is 42.6 Å². The number of aryl methyl sites for hydroxylation is 1. The minimum Gasteiger partial charge on any atom is -0.475 e. The van der Waals surface area contributed by atoms with E-state index in [-0.39, 0.29) is 6.23 Å². The van der Waals surface area contributed by atoms with Crippen molar-refractivity contribution in [1.29, 1.82) is 0 Å². The van der Waals surface area contributed by atoms with Gasteiger partial charge in [0.15, 0.2) is 0 Å². The molecule has 2 heterocycles. The number of piperazine rings is 1. The van der Waals surface area contributed by atoms with Gasteiger partial charge in [-0.1, -0.05) is 18.2 Å². The second-order valence-electron chi connectivity index (χ2n) is 6.19. The van der Waals surface area contributed by atoms with Gasteiger partial charge in [0.1, 0.15) is 12.0 Å². The minimum absolute atomic E-state index is 0.0431. The zero-order valence-electron chi connectivity index (χ0n) is 14.3. The molecule has 1 aromatic heterocycles. The van der Waals surface area contributed by atoms with E-state index in [2.05, 4.69) is 57.3 Å². The molecule has 1 aliphatic heterocycles. The number of benzene rings is 1. The van der Waals surface area contributed by atoms with E-state index in [1.807, 2.05) is 18.4 Å². The quantitative estimate of drug-likeness (QED) is 0.721. The lowest BCUT2D eigenvalue weighted by molar-refractivity contribution is 0.163. The average Bonchev–Trinajstić information content (AvgIpc) is 3.13. The molecule has 2 N–H and O–H groups in total. The van der Waals surface area contributed by atoms with Gasteiger partial charge in [-0.15, -0.1) is 11.3 Å². The number of hydrogen-bond acceptors (Lipinski definition) is 5. The maximum Gasteiger partial charge on any atom is 0.150 e. The molecule has 0 bridgehead atoms. The predicted octanol–water partition coefficient (Wildman–Crippen LogP) is 2.71. The smallest absolute Gasteiger partial charge is 0.150 e. The minimum atomic E-state index is 0.0431. The lowest BCUT2D eigenvalue weighted by Crippen LogP contribution is -2.42. The summed E-state index contributed by atoms with van der Waals surface area (Å²) in [4.78, 5) is 3.90. The Labute approximate surface area is 148 Å². The zero-order chi connectivity index (χ0) is 16.6. The summed E-state index contributed by atoms with van der Waals surface area (Å²) in [6.07, 6.45) is 2.06. The molecular weight excluding hydrogens is 318 g/mol. The largest absolute Gasteiger partial charge is 0.475 e. The van der Waals surface area contributed by atoms with Crippen molar-refractivity contribution in [3.05, 3.63) is 52.2 Å². The van der Waals surface area contributed by atoms with Gasteiger partial charge in [-0.3, -0.25) is 10.2 Å². The molecule has 24 heavy (non-hydrogen) atoms. The van der Waals surface area contributed by atoms with Crippen molar-refractivity contribution in [3.8, 4) is 5.75 Å². The maximum atomic E-state index is 6.15. The van der Waals surface area contributed by atoms with Crippen molar-refractivity contribution in [2.75, 3.05) is 33.2 Å². The molecule has 2 aromatic rings. The average molecular weight is 346 g/mol. The number of nitrogens with one attached hydrogen (secondary N) is 2. The van der Waals surface area contributed by atoms with Crippen molar-refractivity contribution in [2.24, 2.45) is 0 Å². The predicted molar refractivity (Wildman–Crippen MR) is 101 cm³/mol. The highest BCUT2D eigenvalue weighted by atomic mass is 32.1. The summed E-state index contributed by atoms with van der Waals surface area (Å²) in [5.41, 5.74) is 1.32. The molecule has 0 saturated carbocycles. The first kappa shape index (κ1) is 17.4. The Morgan fingerprint density at radius 3 is 2.88 bits per heavy atom. The number of nitrogens with zero attached hydrogens (tertiary/aromatic N) is 1. The molecule has 5 heteroatoms. The van der Waals surface area contributed by atoms with Crippen LogP contribution < -0.4 is 15.4 Å². The first-order valence-corrected chi connectivity index (χ1v) is 9.60. The third-order valence-electron chi connectivity index (χ3n) is 4.35. The lowest BCUT2D eigenvalue weighted by Gasteiger charge is -2.27. The highest BCUT2D eigenvalue weighted by Crippen LogP contribution is 2.18. The van der Waals surface area contributed by atoms with Crippen molar-refractivity contribution in [1.82, 2.24) is 15.5 Å². The lowest BCUT2D eigenvalue weighted by atomic mass is 10.2. The van der Waals surface area contributed by atoms with Crippen LogP contribution >= 0.6 is 11.3 Å². The van der Waals surface area contributed by atoms with E-state index in [4.69, 9.17) is 4.74 Å². The molecule has 1 fully saturated rings. The van der Waals surface area contributed by atoms with E-state index < -0.39 is 0 Å². The van der Waals surface area contributed by atoms with Crippen LogP contribution in [0.25, 0.3) is 0 Å². The Kier molecular flexibility index (Phi) is 6.66. The van der Waals surface area contributed by atoms with E-state index in [0.717, 1.165) is 51.3 Å². The van der Waals surface area contributed by atoms with Crippen LogP contribution in [0.2, 0.25) is 0 Å². The molecule has 1 aromatic carbocycles. The number of ether oxygens (including phenoxy) is 1. The first-order chi connectivity index (χ1) is 11.8. The SMILES string of the molecule is CNC(CCc1cccs1)Oc1cccc(CN2CCNCC2)c1. The molecule has 130 valence electrons. The zero-order valence-corrected chi connectivity index (χ0v) is 15.1. The number of rotatable bonds is 8. The van der Waals surface area contributed by atoms with Gasteiger partial charge >= 0.3 is 0 Å². The third kappa shape index (κ3) is 5.31. The fourth-order valence-corrected chi connectivity index (χ4v) is 3.72. The van der Waals surface area contributed by atoms with Crippen LogP contribution in [-0.4, -0.2) is 44.4 Å². The Balaban J connectivity index is 1.53. The normalized spacial score (nSPS) is 16.9. The van der Waals surface area contributed by atoms with Crippen LogP contribution in [0.1, 0.15) is 16.9 Å². The van der Waals surface area contributed by atoms with Crippen LogP contribution in [0.4, 0.5) is 0 Å². The van der Waals surface area contributed by atoms with Gasteiger partial charge in [0.2, 0.25) is 0 Å². The second kappa shape index (κ2) is 9.18. The topological polar surface area (TPSA) is 36.5 Å². The molecule has 0 aliphatic carbocycles. The summed E-state index contributed by atoms with van der Waals surface area (Å²) in [5, 5.41) is 8.80. The molecule has 1 unspecified atom stereocenters. The fourth-order valence-electron chi connectivity index (χ4n) is 3.00. The van der Waals surface area contributed by atoms with Crippen LogP contribution in [0.5, 0.6) is 5.75 Å². The molecule has 0 radical (unpaired) electrons. The van der Waals surface area contributed by atoms with Gasteiger partial charge in [0.05, 0.1) is 0 Å². The Morgan fingerprint density at radius 2 is 2.12 bits per heavy atom. The van der Waals surface area contributed by atoms with Gasteiger partial charge in [-0.2, -0.15) is 0 Å². The molecule has 4 nitrogen and oxygen atoms in total. The number of hydrogen-bond donors (Lipinski definition) is 2. The molecule has 1 saturated heterocycles. The monoisotopic (exact) mass is 345 g/mol. The van der Waals surface area contributed by atoms with Crippen LogP contribution in [0, 0.1) is 0 Å². The van der Waals surface area contributed by atoms with Crippen molar-refractivity contribution >= 4 is 11.3 Å². The van der Waals surface area contributed by atoms with Gasteiger partial charge in [0, 0.05) is 44.0 Å². The van der Waals surface area contributed by atoms with Gasteiger partial charge < -0.3 is 10.1 Å². The molecule has 0 amide bonds. The van der Waals surface area contributed by atoms with E-state index in [1.165, 1.54) is 10.4 Å². The Morgan fingerprint density at radius 1 is 1.25 bits per heavy atom. The third-order valence-corrected chi connectivity index (χ3v) is 5.28. The van der Waals surface area contributed by atoms with E-state index >= 15 is 0 Å². The van der Waals surface area contributed by atoms with Crippen LogP contribution in [0.15, 0.2) is 41.8 Å². The van der Waals surface area contributed by atoms with Crippen molar-refractivity contribution in [2.45, 2.75) is 25.6 Å². The van der Waals surface area contributed by atoms with E-state index in [1.54, 1.807) is 0 Å². The second-order valence-corrected chi connectivity index (χ2v) is 7.22. The molecule has 3 rings (SSSR count). The summed E-state index contributed by atoms with van der Waals surface area (Å²) in [7, 11) is 1.96. The van der Waals surface area contributed by atoms with E-state index in [0.29, 0.717) is 0 Å². The van der Waals surface area contributed by atoms with Gasteiger partial charge in [0.25, 0.3) is 0 Å².